The van der Waals surface area contributed by atoms with Gasteiger partial charge in [-0.2, -0.15) is 13.2 Å². The van der Waals surface area contributed by atoms with Gasteiger partial charge in [0.25, 0.3) is 0 Å². The number of carbonyl (C=O) groups is 1. The predicted molar refractivity (Wildman–Crippen MR) is 104 cm³/mol. The van der Waals surface area contributed by atoms with Crippen LogP contribution < -0.4 is 11.1 Å². The van der Waals surface area contributed by atoms with Gasteiger partial charge in [0.1, 0.15) is 17.9 Å². The highest BCUT2D eigenvalue weighted by molar-refractivity contribution is 5.86. The smallest absolute Gasteiger partial charge is 0.384 e. The van der Waals surface area contributed by atoms with Gasteiger partial charge < -0.3 is 20.8 Å². The van der Waals surface area contributed by atoms with Crippen LogP contribution in [0.3, 0.4) is 0 Å². The molecule has 6 nitrogen and oxygen atoms in total. The van der Waals surface area contributed by atoms with Gasteiger partial charge in [0, 0.05) is 25.5 Å². The highest BCUT2D eigenvalue weighted by atomic mass is 19.4. The van der Waals surface area contributed by atoms with Crippen LogP contribution in [0.1, 0.15) is 49.0 Å². The summed E-state index contributed by atoms with van der Waals surface area (Å²) in [5, 5.41) is 1.73. The van der Waals surface area contributed by atoms with Gasteiger partial charge in [-0.05, 0) is 24.8 Å². The molecule has 1 aliphatic carbocycles. The Morgan fingerprint density at radius 2 is 2.00 bits per heavy atom. The van der Waals surface area contributed by atoms with Gasteiger partial charge in [0.15, 0.2) is 5.82 Å². The van der Waals surface area contributed by atoms with E-state index in [0.717, 1.165) is 0 Å². The fourth-order valence-electron chi connectivity index (χ4n) is 3.93. The number of hydrogen-bond donors (Lipinski definition) is 3. The van der Waals surface area contributed by atoms with E-state index in [-0.39, 0.29) is 60.6 Å². The largest absolute Gasteiger partial charge is 0.405 e. The number of benzene rings is 1. The van der Waals surface area contributed by atoms with Gasteiger partial charge in [0.2, 0.25) is 11.8 Å². The van der Waals surface area contributed by atoms with E-state index in [1.807, 2.05) is 0 Å². The molecule has 1 aliphatic rings. The summed E-state index contributed by atoms with van der Waals surface area (Å²) < 4.78 is 84.3. The maximum atomic E-state index is 15.2. The van der Waals surface area contributed by atoms with Crippen molar-refractivity contribution in [1.29, 1.82) is 0 Å². The molecule has 178 valence electrons. The van der Waals surface area contributed by atoms with Gasteiger partial charge in [-0.1, -0.05) is 6.07 Å². The lowest BCUT2D eigenvalue weighted by atomic mass is 9.82. The third-order valence-electron chi connectivity index (χ3n) is 5.71. The SMILES string of the molecule is COCC(C(=O)NCC(F)(F)F)c1ccc2[nH]c(C(N)C3CCC(F)(F)CC3)nc2c1F. The molecule has 4 N–H and O–H groups in total. The van der Waals surface area contributed by atoms with Gasteiger partial charge >= 0.3 is 6.18 Å². The molecule has 32 heavy (non-hydrogen) atoms. The molecule has 1 saturated carbocycles. The molecular formula is C20H24F6N4O2. The van der Waals surface area contributed by atoms with Gasteiger partial charge in [0.05, 0.1) is 24.1 Å². The lowest BCUT2D eigenvalue weighted by Gasteiger charge is -2.31. The predicted octanol–water partition coefficient (Wildman–Crippen LogP) is 3.94. The maximum Gasteiger partial charge on any atom is 0.405 e. The first-order valence-corrected chi connectivity index (χ1v) is 10.1. The van der Waals surface area contributed by atoms with Crippen molar-refractivity contribution in [2.45, 2.75) is 49.7 Å². The summed E-state index contributed by atoms with van der Waals surface area (Å²) in [6.07, 6.45) is -4.78. The second-order valence-electron chi connectivity index (χ2n) is 8.05. The van der Waals surface area contributed by atoms with E-state index in [9.17, 15) is 26.7 Å². The highest BCUT2D eigenvalue weighted by Crippen LogP contribution is 2.40. The first-order chi connectivity index (χ1) is 14.9. The second-order valence-corrected chi connectivity index (χ2v) is 8.05. The fraction of sp³-hybridized carbons (Fsp3) is 0.600. The number of amides is 1. The average molecular weight is 466 g/mol. The lowest BCUT2D eigenvalue weighted by molar-refractivity contribution is -0.140. The molecule has 0 aliphatic heterocycles. The van der Waals surface area contributed by atoms with E-state index in [1.54, 1.807) is 5.32 Å². The zero-order chi connectivity index (χ0) is 23.7. The summed E-state index contributed by atoms with van der Waals surface area (Å²) in [6, 6.07) is 1.99. The third-order valence-corrected chi connectivity index (χ3v) is 5.71. The average Bonchev–Trinajstić information content (AvgIpc) is 3.15. The lowest BCUT2D eigenvalue weighted by Crippen LogP contribution is -2.38. The Kier molecular flexibility index (Phi) is 7.03. The number of aromatic nitrogens is 2. The summed E-state index contributed by atoms with van der Waals surface area (Å²) in [5.41, 5.74) is 6.14. The van der Waals surface area contributed by atoms with E-state index in [2.05, 4.69) is 9.97 Å². The quantitative estimate of drug-likeness (QED) is 0.539. The Bertz CT molecular complexity index is 951. The summed E-state index contributed by atoms with van der Waals surface area (Å²) in [6.45, 7) is -1.91. The van der Waals surface area contributed by atoms with Crippen LogP contribution in [0.25, 0.3) is 11.0 Å². The number of ether oxygens (including phenoxy) is 1. The molecule has 12 heteroatoms. The van der Waals surface area contributed by atoms with E-state index < -0.39 is 42.3 Å². The zero-order valence-electron chi connectivity index (χ0n) is 17.2. The molecule has 0 bridgehead atoms. The Morgan fingerprint density at radius 3 is 2.59 bits per heavy atom. The molecule has 1 aromatic carbocycles. The van der Waals surface area contributed by atoms with Crippen molar-refractivity contribution in [3.63, 3.8) is 0 Å². The van der Waals surface area contributed by atoms with Crippen LogP contribution in [0.2, 0.25) is 0 Å². The monoisotopic (exact) mass is 466 g/mol. The van der Waals surface area contributed by atoms with Gasteiger partial charge in [-0.15, -0.1) is 0 Å². The van der Waals surface area contributed by atoms with E-state index >= 15 is 4.39 Å². The minimum absolute atomic E-state index is 0.140. The number of nitrogens with zero attached hydrogens (tertiary/aromatic N) is 1. The van der Waals surface area contributed by atoms with Crippen molar-refractivity contribution in [2.75, 3.05) is 20.3 Å². The number of carbonyl (C=O) groups excluding carboxylic acids is 1. The molecule has 1 amide bonds. The first-order valence-electron chi connectivity index (χ1n) is 10.1. The number of nitrogens with one attached hydrogen (secondary N) is 2. The number of alkyl halides is 5. The summed E-state index contributed by atoms with van der Waals surface area (Å²) >= 11 is 0. The van der Waals surface area contributed by atoms with Crippen molar-refractivity contribution < 1.29 is 35.9 Å². The van der Waals surface area contributed by atoms with Crippen molar-refractivity contribution in [3.05, 3.63) is 29.3 Å². The topological polar surface area (TPSA) is 93.0 Å². The molecule has 1 fully saturated rings. The molecular weight excluding hydrogens is 442 g/mol. The summed E-state index contributed by atoms with van der Waals surface area (Å²) in [5.74, 6) is -6.02. The Balaban J connectivity index is 1.85. The van der Waals surface area contributed by atoms with Crippen molar-refractivity contribution in [3.8, 4) is 0 Å². The summed E-state index contributed by atoms with van der Waals surface area (Å²) in [7, 11) is 1.24. The Labute approximate surface area is 179 Å². The number of halogens is 6. The highest BCUT2D eigenvalue weighted by Gasteiger charge is 2.38. The molecule has 3 rings (SSSR count). The number of nitrogens with two attached hydrogens (primary N) is 1. The Morgan fingerprint density at radius 1 is 1.34 bits per heavy atom. The van der Waals surface area contributed by atoms with E-state index in [1.165, 1.54) is 19.2 Å². The third kappa shape index (κ3) is 5.52. The molecule has 0 saturated heterocycles. The zero-order valence-corrected chi connectivity index (χ0v) is 17.2. The van der Waals surface area contributed by atoms with E-state index in [4.69, 9.17) is 10.5 Å². The molecule has 0 spiro atoms. The number of fused-ring (bicyclic) bond motifs is 1. The normalized spacial score (nSPS) is 19.1. The molecule has 2 atom stereocenters. The molecule has 1 heterocycles. The minimum atomic E-state index is -4.62. The van der Waals surface area contributed by atoms with Crippen LogP contribution >= 0.6 is 0 Å². The van der Waals surface area contributed by atoms with Crippen molar-refractivity contribution in [2.24, 2.45) is 11.7 Å². The van der Waals surface area contributed by atoms with Crippen LogP contribution in [0.4, 0.5) is 26.3 Å². The number of methoxy groups -OCH3 is 1. The van der Waals surface area contributed by atoms with Gasteiger partial charge in [-0.3, -0.25) is 4.79 Å². The number of rotatable bonds is 7. The number of imidazole rings is 1. The van der Waals surface area contributed by atoms with Crippen LogP contribution in [0.5, 0.6) is 0 Å². The van der Waals surface area contributed by atoms with Crippen LogP contribution in [-0.4, -0.2) is 48.2 Å². The Hall–Kier alpha value is -2.34. The van der Waals surface area contributed by atoms with Gasteiger partial charge in [-0.25, -0.2) is 18.2 Å². The number of aromatic amines is 1. The number of H-pyrrole nitrogens is 1. The molecule has 1 aromatic heterocycles. The van der Waals surface area contributed by atoms with Crippen molar-refractivity contribution in [1.82, 2.24) is 15.3 Å². The molecule has 0 radical (unpaired) electrons. The maximum absolute atomic E-state index is 15.2. The van der Waals surface area contributed by atoms with Crippen LogP contribution in [0.15, 0.2) is 12.1 Å². The van der Waals surface area contributed by atoms with Crippen LogP contribution in [-0.2, 0) is 9.53 Å². The standard InChI is InChI=1S/C20H24F6N4O2/c1-32-8-12(18(31)28-9-20(24,25)26)11-2-3-13-16(14(11)21)30-17(29-13)15(27)10-4-6-19(22,23)7-5-10/h2-3,10,12,15H,4-9,27H2,1H3,(H,28,31)(H,29,30). The summed E-state index contributed by atoms with van der Waals surface area (Å²) in [4.78, 5) is 19.3. The minimum Gasteiger partial charge on any atom is -0.384 e. The number of hydrogen-bond acceptors (Lipinski definition) is 4. The molecule has 2 unspecified atom stereocenters. The van der Waals surface area contributed by atoms with Crippen LogP contribution in [0, 0.1) is 11.7 Å². The first kappa shape index (κ1) is 24.3. The molecule has 2 aromatic rings. The fourth-order valence-corrected chi connectivity index (χ4v) is 3.93. The van der Waals surface area contributed by atoms with E-state index in [0.29, 0.717) is 0 Å². The van der Waals surface area contributed by atoms with Crippen molar-refractivity contribution >= 4 is 16.9 Å². The second kappa shape index (κ2) is 9.26.